The Morgan fingerprint density at radius 2 is 1.86 bits per heavy atom. The van der Waals surface area contributed by atoms with E-state index in [9.17, 15) is 0 Å². The van der Waals surface area contributed by atoms with Gasteiger partial charge < -0.3 is 10.4 Å². The second-order valence-electron chi connectivity index (χ2n) is 4.19. The maximum Gasteiger partial charge on any atom is 0.0428 e. The average Bonchev–Trinajstić information content (AvgIpc) is 2.22. The molecule has 86 valence electrons. The lowest BCUT2D eigenvalue weighted by atomic mass is 9.81. The molecule has 0 aromatic heterocycles. The van der Waals surface area contributed by atoms with Crippen molar-refractivity contribution in [2.75, 3.05) is 13.2 Å². The molecule has 1 saturated carbocycles. The normalized spacial score (nSPS) is 24.9. The first-order valence-electron chi connectivity index (χ1n) is 6.10. The molecule has 1 aliphatic carbocycles. The van der Waals surface area contributed by atoms with Gasteiger partial charge in [-0.25, -0.2) is 0 Å². The molecule has 0 spiro atoms. The molecule has 2 heteroatoms. The summed E-state index contributed by atoms with van der Waals surface area (Å²) < 4.78 is 0. The van der Waals surface area contributed by atoms with Crippen molar-refractivity contribution >= 4 is 0 Å². The Kier molecular flexibility index (Phi) is 9.42. The summed E-state index contributed by atoms with van der Waals surface area (Å²) in [6.07, 6.45) is 6.37. The van der Waals surface area contributed by atoms with Gasteiger partial charge in [0.05, 0.1) is 0 Å². The van der Waals surface area contributed by atoms with Crippen LogP contribution in [0.25, 0.3) is 0 Å². The molecule has 0 bridgehead atoms. The molecule has 0 amide bonds. The van der Waals surface area contributed by atoms with E-state index >= 15 is 0 Å². The van der Waals surface area contributed by atoms with E-state index in [0.717, 1.165) is 18.4 Å². The predicted octanol–water partition coefficient (Wildman–Crippen LogP) is 2.56. The standard InChI is InChI=1S/C9H19N.C3H8O/c1-3-4-7-10-9-6-5-8(9)2;1-2-3-4/h8-10H,3-7H2,1-2H3;4H,2-3H2,1H3. The summed E-state index contributed by atoms with van der Waals surface area (Å²) in [5.41, 5.74) is 0. The van der Waals surface area contributed by atoms with Crippen LogP contribution < -0.4 is 5.32 Å². The molecule has 2 N–H and O–H groups in total. The topological polar surface area (TPSA) is 32.3 Å². The molecule has 0 aliphatic heterocycles. The molecular formula is C12H27NO. The van der Waals surface area contributed by atoms with Crippen LogP contribution >= 0.6 is 0 Å². The molecule has 2 unspecified atom stereocenters. The van der Waals surface area contributed by atoms with Crippen molar-refractivity contribution in [1.82, 2.24) is 5.32 Å². The molecule has 0 saturated heterocycles. The largest absolute Gasteiger partial charge is 0.396 e. The van der Waals surface area contributed by atoms with Gasteiger partial charge in [0.2, 0.25) is 0 Å². The third kappa shape index (κ3) is 6.39. The van der Waals surface area contributed by atoms with Gasteiger partial charge in [0.1, 0.15) is 0 Å². The van der Waals surface area contributed by atoms with Gasteiger partial charge in [0, 0.05) is 12.6 Å². The van der Waals surface area contributed by atoms with Crippen LogP contribution in [0.2, 0.25) is 0 Å². The lowest BCUT2D eigenvalue weighted by Gasteiger charge is -2.34. The first-order valence-corrected chi connectivity index (χ1v) is 6.10. The van der Waals surface area contributed by atoms with Crippen molar-refractivity contribution in [3.63, 3.8) is 0 Å². The number of aliphatic hydroxyl groups excluding tert-OH is 1. The molecule has 0 radical (unpaired) electrons. The summed E-state index contributed by atoms with van der Waals surface area (Å²) >= 11 is 0. The summed E-state index contributed by atoms with van der Waals surface area (Å²) in [6, 6.07) is 0.853. The molecule has 2 atom stereocenters. The van der Waals surface area contributed by atoms with Crippen LogP contribution in [0.4, 0.5) is 0 Å². The van der Waals surface area contributed by atoms with Gasteiger partial charge in [-0.05, 0) is 38.1 Å². The smallest absolute Gasteiger partial charge is 0.0428 e. The van der Waals surface area contributed by atoms with E-state index < -0.39 is 0 Å². The predicted molar refractivity (Wildman–Crippen MR) is 62.5 cm³/mol. The van der Waals surface area contributed by atoms with Gasteiger partial charge in [0.15, 0.2) is 0 Å². The highest BCUT2D eigenvalue weighted by Crippen LogP contribution is 2.26. The Labute approximate surface area is 89.1 Å². The number of nitrogens with one attached hydrogen (secondary N) is 1. The summed E-state index contributed by atoms with van der Waals surface area (Å²) in [7, 11) is 0. The number of hydrogen-bond acceptors (Lipinski definition) is 2. The van der Waals surface area contributed by atoms with Crippen LogP contribution in [0.5, 0.6) is 0 Å². The zero-order chi connectivity index (χ0) is 10.8. The van der Waals surface area contributed by atoms with E-state index in [1.165, 1.54) is 32.2 Å². The average molecular weight is 201 g/mol. The monoisotopic (exact) mass is 201 g/mol. The number of rotatable bonds is 5. The highest BCUT2D eigenvalue weighted by Gasteiger charge is 2.25. The van der Waals surface area contributed by atoms with Crippen molar-refractivity contribution in [3.05, 3.63) is 0 Å². The van der Waals surface area contributed by atoms with Crippen LogP contribution in [0.15, 0.2) is 0 Å². The molecule has 0 aromatic rings. The number of hydrogen-bond donors (Lipinski definition) is 2. The quantitative estimate of drug-likeness (QED) is 0.670. The van der Waals surface area contributed by atoms with E-state index in [1.807, 2.05) is 6.92 Å². The van der Waals surface area contributed by atoms with Gasteiger partial charge in [-0.2, -0.15) is 0 Å². The minimum absolute atomic E-state index is 0.319. The fourth-order valence-electron chi connectivity index (χ4n) is 1.43. The van der Waals surface area contributed by atoms with E-state index in [0.29, 0.717) is 6.61 Å². The number of unbranched alkanes of at least 4 members (excludes halogenated alkanes) is 1. The summed E-state index contributed by atoms with van der Waals surface area (Å²) in [4.78, 5) is 0. The Morgan fingerprint density at radius 1 is 1.21 bits per heavy atom. The van der Waals surface area contributed by atoms with Gasteiger partial charge in [-0.15, -0.1) is 0 Å². The van der Waals surface area contributed by atoms with Crippen molar-refractivity contribution in [1.29, 1.82) is 0 Å². The molecule has 0 aromatic carbocycles. The molecule has 1 rings (SSSR count). The van der Waals surface area contributed by atoms with Crippen LogP contribution in [0, 0.1) is 5.92 Å². The van der Waals surface area contributed by atoms with Gasteiger partial charge in [-0.3, -0.25) is 0 Å². The zero-order valence-corrected chi connectivity index (χ0v) is 10.1. The first kappa shape index (κ1) is 13.9. The Balaban J connectivity index is 0.000000364. The highest BCUT2D eigenvalue weighted by molar-refractivity contribution is 4.83. The Bertz CT molecular complexity index is 115. The maximum absolute atomic E-state index is 7.88. The van der Waals surface area contributed by atoms with Crippen molar-refractivity contribution < 1.29 is 5.11 Å². The molecule has 1 aliphatic rings. The van der Waals surface area contributed by atoms with Crippen LogP contribution in [0.1, 0.15) is 52.9 Å². The second kappa shape index (κ2) is 9.47. The Morgan fingerprint density at radius 3 is 2.14 bits per heavy atom. The lowest BCUT2D eigenvalue weighted by molar-refractivity contribution is 0.229. The lowest BCUT2D eigenvalue weighted by Crippen LogP contribution is -2.42. The van der Waals surface area contributed by atoms with Crippen LogP contribution in [-0.2, 0) is 0 Å². The molecule has 14 heavy (non-hydrogen) atoms. The molecule has 0 heterocycles. The fraction of sp³-hybridized carbons (Fsp3) is 1.00. The second-order valence-corrected chi connectivity index (χ2v) is 4.19. The third-order valence-electron chi connectivity index (χ3n) is 2.78. The van der Waals surface area contributed by atoms with E-state index in [1.54, 1.807) is 0 Å². The Hall–Kier alpha value is -0.0800. The SMILES string of the molecule is CCCCNC1CCC1C.CCCO. The van der Waals surface area contributed by atoms with E-state index in [-0.39, 0.29) is 0 Å². The summed E-state index contributed by atoms with van der Waals surface area (Å²) in [5, 5.41) is 11.4. The highest BCUT2D eigenvalue weighted by atomic mass is 16.2. The minimum Gasteiger partial charge on any atom is -0.396 e. The summed E-state index contributed by atoms with van der Waals surface area (Å²) in [6.45, 7) is 8.06. The third-order valence-corrected chi connectivity index (χ3v) is 2.78. The summed E-state index contributed by atoms with van der Waals surface area (Å²) in [5.74, 6) is 0.942. The van der Waals surface area contributed by atoms with Crippen molar-refractivity contribution in [2.45, 2.75) is 58.9 Å². The minimum atomic E-state index is 0.319. The van der Waals surface area contributed by atoms with Gasteiger partial charge >= 0.3 is 0 Å². The van der Waals surface area contributed by atoms with Gasteiger partial charge in [-0.1, -0.05) is 27.2 Å². The maximum atomic E-state index is 7.88. The molecular weight excluding hydrogens is 174 g/mol. The van der Waals surface area contributed by atoms with Crippen LogP contribution in [0.3, 0.4) is 0 Å². The molecule has 2 nitrogen and oxygen atoms in total. The molecule has 1 fully saturated rings. The van der Waals surface area contributed by atoms with E-state index in [2.05, 4.69) is 19.2 Å². The van der Waals surface area contributed by atoms with Crippen LogP contribution in [-0.4, -0.2) is 24.3 Å². The van der Waals surface area contributed by atoms with Crippen molar-refractivity contribution in [3.8, 4) is 0 Å². The van der Waals surface area contributed by atoms with Gasteiger partial charge in [0.25, 0.3) is 0 Å². The van der Waals surface area contributed by atoms with E-state index in [4.69, 9.17) is 5.11 Å². The zero-order valence-electron chi connectivity index (χ0n) is 10.1. The first-order chi connectivity index (χ1) is 6.76. The fourth-order valence-corrected chi connectivity index (χ4v) is 1.43. The van der Waals surface area contributed by atoms with Crippen molar-refractivity contribution in [2.24, 2.45) is 5.92 Å². The number of aliphatic hydroxyl groups is 1.